The highest BCUT2D eigenvalue weighted by molar-refractivity contribution is 6.22. The minimum atomic E-state index is -0.230. The topological polar surface area (TPSA) is 46.3 Å². The zero-order chi connectivity index (χ0) is 19.7. The first-order valence-corrected chi connectivity index (χ1v) is 10.2. The van der Waals surface area contributed by atoms with E-state index in [0.717, 1.165) is 49.5 Å². The molecule has 1 atom stereocenters. The van der Waals surface area contributed by atoms with Crippen molar-refractivity contribution >= 4 is 17.5 Å². The van der Waals surface area contributed by atoms with Crippen molar-refractivity contribution in [3.8, 4) is 0 Å². The molecular weight excluding hydrogens is 350 g/mol. The first-order valence-electron chi connectivity index (χ1n) is 10.2. The van der Waals surface area contributed by atoms with Crippen LogP contribution in [0.5, 0.6) is 0 Å². The lowest BCUT2D eigenvalue weighted by Gasteiger charge is -2.32. The van der Waals surface area contributed by atoms with E-state index in [-0.39, 0.29) is 17.9 Å². The number of hydrogen-bond acceptors (Lipinski definition) is 2. The van der Waals surface area contributed by atoms with Crippen molar-refractivity contribution < 1.29 is 19.4 Å². The lowest BCUT2D eigenvalue weighted by molar-refractivity contribution is -1.02. The van der Waals surface area contributed by atoms with Crippen LogP contribution in [0, 0.1) is 13.8 Å². The summed E-state index contributed by atoms with van der Waals surface area (Å²) in [6.45, 7) is 8.96. The standard InChI is InChI=1S/C23H27N3O2/c1-17-8-9-20(18(2)14-17)26-22(27)15-21(23(26)28)25-12-10-24(11-13-25)16-19-6-4-3-5-7-19/h3-9,14,21H,10-13,15-16H2,1-2H3/p+2/t21-/m0/s1. The predicted octanol–water partition coefficient (Wildman–Crippen LogP) is -0.0811. The number of benzene rings is 2. The molecule has 2 N–H and O–H groups in total. The van der Waals surface area contributed by atoms with Crippen molar-refractivity contribution in [3.63, 3.8) is 0 Å². The van der Waals surface area contributed by atoms with Crippen molar-refractivity contribution in [2.24, 2.45) is 0 Å². The number of rotatable bonds is 4. The molecule has 2 aromatic carbocycles. The molecule has 0 spiro atoms. The number of hydrogen-bond donors (Lipinski definition) is 2. The Morgan fingerprint density at radius 3 is 2.36 bits per heavy atom. The van der Waals surface area contributed by atoms with Crippen molar-refractivity contribution in [2.75, 3.05) is 31.1 Å². The molecule has 0 unspecified atom stereocenters. The molecule has 2 fully saturated rings. The van der Waals surface area contributed by atoms with Gasteiger partial charge in [-0.2, -0.15) is 0 Å². The SMILES string of the molecule is Cc1ccc(N2C(=O)C[C@H]([NH+]3CC[NH+](Cc4ccccc4)CC3)C2=O)c(C)c1. The maximum absolute atomic E-state index is 13.1. The largest absolute Gasteiger partial charge is 0.322 e. The first-order chi connectivity index (χ1) is 13.5. The summed E-state index contributed by atoms with van der Waals surface area (Å²) in [5.74, 6) is -0.0908. The second-order valence-corrected chi connectivity index (χ2v) is 8.18. The summed E-state index contributed by atoms with van der Waals surface area (Å²) in [6.07, 6.45) is 0.329. The van der Waals surface area contributed by atoms with E-state index >= 15 is 0 Å². The molecule has 5 nitrogen and oxygen atoms in total. The van der Waals surface area contributed by atoms with E-state index in [4.69, 9.17) is 0 Å². The number of nitrogens with one attached hydrogen (secondary N) is 2. The zero-order valence-corrected chi connectivity index (χ0v) is 16.7. The maximum Gasteiger partial charge on any atom is 0.292 e. The van der Waals surface area contributed by atoms with Gasteiger partial charge in [-0.25, -0.2) is 4.90 Å². The Kier molecular flexibility index (Phi) is 5.29. The van der Waals surface area contributed by atoms with E-state index in [9.17, 15) is 9.59 Å². The van der Waals surface area contributed by atoms with Crippen LogP contribution < -0.4 is 14.7 Å². The van der Waals surface area contributed by atoms with E-state index in [2.05, 4.69) is 24.3 Å². The van der Waals surface area contributed by atoms with E-state index in [1.54, 1.807) is 4.90 Å². The number of nitrogens with zero attached hydrogens (tertiary/aromatic N) is 1. The first kappa shape index (κ1) is 18.8. The molecule has 0 aliphatic carbocycles. The summed E-state index contributed by atoms with van der Waals surface area (Å²) in [5.41, 5.74) is 4.22. The normalized spacial score (nSPS) is 25.4. The van der Waals surface area contributed by atoms with E-state index in [0.29, 0.717) is 6.42 Å². The van der Waals surface area contributed by atoms with Gasteiger partial charge in [0, 0.05) is 5.56 Å². The van der Waals surface area contributed by atoms with Crippen LogP contribution in [0.1, 0.15) is 23.1 Å². The van der Waals surface area contributed by atoms with Gasteiger partial charge in [0.2, 0.25) is 5.91 Å². The number of quaternary nitrogens is 2. The second-order valence-electron chi connectivity index (χ2n) is 8.18. The molecule has 2 saturated heterocycles. The minimum Gasteiger partial charge on any atom is -0.322 e. The Balaban J connectivity index is 1.41. The summed E-state index contributed by atoms with van der Waals surface area (Å²) in [4.78, 5) is 30.0. The number of amides is 2. The van der Waals surface area contributed by atoms with Crippen LogP contribution in [0.2, 0.25) is 0 Å². The molecule has 2 aliphatic heterocycles. The Labute approximate surface area is 166 Å². The van der Waals surface area contributed by atoms with Crippen molar-refractivity contribution in [1.82, 2.24) is 0 Å². The molecule has 2 heterocycles. The van der Waals surface area contributed by atoms with Gasteiger partial charge in [-0.05, 0) is 25.5 Å². The highest BCUT2D eigenvalue weighted by Gasteiger charge is 2.47. The minimum absolute atomic E-state index is 0.0292. The number of imide groups is 1. The number of aryl methyl sites for hydroxylation is 2. The van der Waals surface area contributed by atoms with Crippen molar-refractivity contribution in [2.45, 2.75) is 32.9 Å². The Morgan fingerprint density at radius 2 is 1.68 bits per heavy atom. The molecule has 2 amide bonds. The smallest absolute Gasteiger partial charge is 0.292 e. The fraction of sp³-hybridized carbons (Fsp3) is 0.391. The van der Waals surface area contributed by atoms with E-state index in [1.807, 2.05) is 38.1 Å². The van der Waals surface area contributed by atoms with Crippen molar-refractivity contribution in [1.29, 1.82) is 0 Å². The van der Waals surface area contributed by atoms with Gasteiger partial charge in [-0.15, -0.1) is 0 Å². The number of carbonyl (C=O) groups excluding carboxylic acids is 2. The van der Waals surface area contributed by atoms with E-state index < -0.39 is 0 Å². The molecule has 4 rings (SSSR count). The average Bonchev–Trinajstić information content (AvgIpc) is 2.98. The van der Waals surface area contributed by atoms with E-state index in [1.165, 1.54) is 15.4 Å². The number of anilines is 1. The Hall–Kier alpha value is -2.50. The molecular formula is C23H29N3O2+2. The fourth-order valence-electron chi connectivity index (χ4n) is 4.59. The quantitative estimate of drug-likeness (QED) is 0.730. The highest BCUT2D eigenvalue weighted by Crippen LogP contribution is 2.26. The third kappa shape index (κ3) is 3.73. The molecule has 0 saturated carbocycles. The summed E-state index contributed by atoms with van der Waals surface area (Å²) >= 11 is 0. The third-order valence-electron chi connectivity index (χ3n) is 6.13. The lowest BCUT2D eigenvalue weighted by Crippen LogP contribution is -3.29. The summed E-state index contributed by atoms with van der Waals surface area (Å²) < 4.78 is 0. The zero-order valence-electron chi connectivity index (χ0n) is 16.7. The van der Waals surface area contributed by atoms with Gasteiger partial charge < -0.3 is 9.80 Å². The van der Waals surface area contributed by atoms with Crippen LogP contribution >= 0.6 is 0 Å². The van der Waals surface area contributed by atoms with Crippen LogP contribution in [-0.2, 0) is 16.1 Å². The summed E-state index contributed by atoms with van der Waals surface area (Å²) in [7, 11) is 0. The monoisotopic (exact) mass is 379 g/mol. The fourth-order valence-corrected chi connectivity index (χ4v) is 4.59. The summed E-state index contributed by atoms with van der Waals surface area (Å²) in [6, 6.07) is 16.2. The third-order valence-corrected chi connectivity index (χ3v) is 6.13. The van der Waals surface area contributed by atoms with Gasteiger partial charge in [0.1, 0.15) is 32.7 Å². The molecule has 0 radical (unpaired) electrons. The maximum atomic E-state index is 13.1. The molecule has 146 valence electrons. The van der Waals surface area contributed by atoms with Crippen LogP contribution in [0.25, 0.3) is 0 Å². The van der Waals surface area contributed by atoms with Gasteiger partial charge in [-0.1, -0.05) is 48.0 Å². The van der Waals surface area contributed by atoms with Gasteiger partial charge in [-0.3, -0.25) is 9.59 Å². The molecule has 2 aromatic rings. The molecule has 2 aliphatic rings. The predicted molar refractivity (Wildman–Crippen MR) is 108 cm³/mol. The second kappa shape index (κ2) is 7.86. The molecule has 28 heavy (non-hydrogen) atoms. The highest BCUT2D eigenvalue weighted by atomic mass is 16.2. The Bertz CT molecular complexity index is 873. The molecule has 0 aromatic heterocycles. The molecule has 5 heteroatoms. The van der Waals surface area contributed by atoms with Crippen LogP contribution in [0.3, 0.4) is 0 Å². The van der Waals surface area contributed by atoms with Crippen LogP contribution in [0.15, 0.2) is 48.5 Å². The van der Waals surface area contributed by atoms with Crippen molar-refractivity contribution in [3.05, 3.63) is 65.2 Å². The number of piperazine rings is 1. The van der Waals surface area contributed by atoms with Gasteiger partial charge in [0.25, 0.3) is 5.91 Å². The summed E-state index contributed by atoms with van der Waals surface area (Å²) in [5, 5.41) is 0. The van der Waals surface area contributed by atoms with Gasteiger partial charge >= 0.3 is 0 Å². The van der Waals surface area contributed by atoms with Crippen LogP contribution in [-0.4, -0.2) is 44.0 Å². The average molecular weight is 380 g/mol. The van der Waals surface area contributed by atoms with Gasteiger partial charge in [0.05, 0.1) is 12.1 Å². The van der Waals surface area contributed by atoms with Crippen LogP contribution in [0.4, 0.5) is 5.69 Å². The lowest BCUT2D eigenvalue weighted by atomic mass is 10.1. The Morgan fingerprint density at radius 1 is 0.964 bits per heavy atom. The number of carbonyl (C=O) groups is 2. The molecule has 0 bridgehead atoms. The van der Waals surface area contributed by atoms with Gasteiger partial charge in [0.15, 0.2) is 6.04 Å².